The van der Waals surface area contributed by atoms with Gasteiger partial charge in [-0.1, -0.05) is 6.07 Å². The van der Waals surface area contributed by atoms with Crippen molar-refractivity contribution >= 4 is 28.4 Å². The van der Waals surface area contributed by atoms with Crippen LogP contribution in [0.1, 0.15) is 30.4 Å². The molecular formula is C21H15F5N4O2. The smallest absolute Gasteiger partial charge is 0.330 e. The highest BCUT2D eigenvalue weighted by molar-refractivity contribution is 6.07. The molecule has 1 aliphatic rings. The summed E-state index contributed by atoms with van der Waals surface area (Å²) in [5.41, 5.74) is -1.06. The molecule has 1 aliphatic heterocycles. The number of allylic oxidation sites excluding steroid dienone is 1. The van der Waals surface area contributed by atoms with Crippen molar-refractivity contribution in [1.29, 1.82) is 0 Å². The Morgan fingerprint density at radius 1 is 1.16 bits per heavy atom. The minimum absolute atomic E-state index is 0.0145. The highest BCUT2D eigenvalue weighted by Crippen LogP contribution is 2.37. The number of aromatic amines is 1. The van der Waals surface area contributed by atoms with Crippen LogP contribution in [-0.2, 0) is 15.8 Å². The highest BCUT2D eigenvalue weighted by atomic mass is 19.4. The molecule has 6 nitrogen and oxygen atoms in total. The van der Waals surface area contributed by atoms with Crippen LogP contribution in [0.5, 0.6) is 0 Å². The van der Waals surface area contributed by atoms with Crippen molar-refractivity contribution in [3.63, 3.8) is 0 Å². The molecule has 4 rings (SSSR count). The van der Waals surface area contributed by atoms with Crippen LogP contribution >= 0.6 is 0 Å². The maximum Gasteiger partial charge on any atom is 0.419 e. The number of halogens is 5. The Bertz CT molecular complexity index is 1280. The Balaban J connectivity index is 1.70. The van der Waals surface area contributed by atoms with Crippen LogP contribution in [0, 0.1) is 11.6 Å². The summed E-state index contributed by atoms with van der Waals surface area (Å²) in [5.74, 6) is -4.56. The van der Waals surface area contributed by atoms with Crippen LogP contribution in [0.3, 0.4) is 0 Å². The first-order chi connectivity index (χ1) is 15.0. The van der Waals surface area contributed by atoms with Crippen molar-refractivity contribution in [2.45, 2.75) is 25.4 Å². The largest absolute Gasteiger partial charge is 0.419 e. The molecule has 32 heavy (non-hydrogen) atoms. The van der Waals surface area contributed by atoms with E-state index < -0.39 is 41.1 Å². The molecule has 166 valence electrons. The van der Waals surface area contributed by atoms with Gasteiger partial charge in [0.2, 0.25) is 5.91 Å². The van der Waals surface area contributed by atoms with Gasteiger partial charge in [-0.25, -0.2) is 8.78 Å². The standard InChI is InChI=1S/C21H15F5N4O2/c1-9-19(20(32)29-17-5-11-8-27-30-16(11)7-15(17)23)12(6-18(31)28-9)10-2-3-13(14(22)4-10)21(24,25)26/h2-5,7-8,12H,6H2,1H3,(H,27,30)(H,28,31)(H,29,32). The van der Waals surface area contributed by atoms with Crippen LogP contribution in [0.2, 0.25) is 0 Å². The van der Waals surface area contributed by atoms with E-state index in [0.717, 1.165) is 12.1 Å². The molecule has 0 fully saturated rings. The van der Waals surface area contributed by atoms with Crippen molar-refractivity contribution in [3.05, 3.63) is 70.6 Å². The summed E-state index contributed by atoms with van der Waals surface area (Å²) < 4.78 is 67.3. The van der Waals surface area contributed by atoms with Crippen molar-refractivity contribution in [1.82, 2.24) is 15.5 Å². The predicted octanol–water partition coefficient (Wildman–Crippen LogP) is 4.38. The minimum Gasteiger partial charge on any atom is -0.330 e. The minimum atomic E-state index is -4.89. The van der Waals surface area contributed by atoms with E-state index in [1.54, 1.807) is 0 Å². The number of hydrogen-bond donors (Lipinski definition) is 3. The zero-order valence-corrected chi connectivity index (χ0v) is 16.4. The lowest BCUT2D eigenvalue weighted by Crippen LogP contribution is -2.35. The van der Waals surface area contributed by atoms with Crippen LogP contribution in [0.15, 0.2) is 47.8 Å². The van der Waals surface area contributed by atoms with E-state index in [9.17, 15) is 31.5 Å². The summed E-state index contributed by atoms with van der Waals surface area (Å²) in [6.45, 7) is 1.43. The third kappa shape index (κ3) is 3.93. The SMILES string of the molecule is CC1=C(C(=O)Nc2cc3cn[nH]c3cc2F)C(c2ccc(C(F)(F)F)c(F)c2)CC(=O)N1. The summed E-state index contributed by atoms with van der Waals surface area (Å²) >= 11 is 0. The molecule has 0 bridgehead atoms. The Hall–Kier alpha value is -3.76. The molecule has 3 N–H and O–H groups in total. The average molecular weight is 450 g/mol. The van der Waals surface area contributed by atoms with Crippen LogP contribution in [0.25, 0.3) is 10.9 Å². The van der Waals surface area contributed by atoms with E-state index in [-0.39, 0.29) is 28.9 Å². The van der Waals surface area contributed by atoms with Gasteiger partial charge in [-0.15, -0.1) is 0 Å². The first-order valence-electron chi connectivity index (χ1n) is 9.36. The number of rotatable bonds is 3. The van der Waals surface area contributed by atoms with Gasteiger partial charge >= 0.3 is 6.18 Å². The van der Waals surface area contributed by atoms with Gasteiger partial charge in [-0.3, -0.25) is 14.7 Å². The van der Waals surface area contributed by atoms with Gasteiger partial charge < -0.3 is 10.6 Å². The number of aromatic nitrogens is 2. The summed E-state index contributed by atoms with van der Waals surface area (Å²) in [6, 6.07) is 4.74. The first kappa shape index (κ1) is 21.5. The van der Waals surface area contributed by atoms with Gasteiger partial charge in [-0.05, 0) is 30.7 Å². The Morgan fingerprint density at radius 3 is 2.59 bits per heavy atom. The molecule has 0 saturated carbocycles. The number of hydrogen-bond acceptors (Lipinski definition) is 3. The quantitative estimate of drug-likeness (QED) is 0.518. The van der Waals surface area contributed by atoms with Crippen molar-refractivity contribution in [2.24, 2.45) is 0 Å². The van der Waals surface area contributed by atoms with Crippen molar-refractivity contribution in [2.75, 3.05) is 5.32 Å². The van der Waals surface area contributed by atoms with Crippen LogP contribution in [0.4, 0.5) is 27.6 Å². The van der Waals surface area contributed by atoms with Crippen molar-refractivity contribution < 1.29 is 31.5 Å². The molecule has 0 radical (unpaired) electrons. The number of fused-ring (bicyclic) bond motifs is 1. The topological polar surface area (TPSA) is 86.9 Å². The Morgan fingerprint density at radius 2 is 1.91 bits per heavy atom. The predicted molar refractivity (Wildman–Crippen MR) is 104 cm³/mol. The summed E-state index contributed by atoms with van der Waals surface area (Å²) in [6.07, 6.45) is -3.75. The van der Waals surface area contributed by atoms with Gasteiger partial charge in [-0.2, -0.15) is 18.3 Å². The molecule has 1 atom stereocenters. The van der Waals surface area contributed by atoms with Gasteiger partial charge in [0.05, 0.1) is 23.0 Å². The third-order valence-corrected chi connectivity index (χ3v) is 5.19. The van der Waals surface area contributed by atoms with Gasteiger partial charge in [0.25, 0.3) is 5.91 Å². The van der Waals surface area contributed by atoms with Crippen LogP contribution < -0.4 is 10.6 Å². The molecule has 2 amide bonds. The average Bonchev–Trinajstić information content (AvgIpc) is 3.13. The summed E-state index contributed by atoms with van der Waals surface area (Å²) in [7, 11) is 0. The number of carbonyl (C=O) groups is 2. The van der Waals surface area contributed by atoms with Gasteiger partial charge in [0.1, 0.15) is 11.6 Å². The molecule has 3 aromatic rings. The number of amides is 2. The zero-order valence-electron chi connectivity index (χ0n) is 16.4. The molecule has 0 spiro atoms. The first-order valence-corrected chi connectivity index (χ1v) is 9.36. The number of benzene rings is 2. The van der Waals surface area contributed by atoms with Gasteiger partial charge in [0, 0.05) is 35.1 Å². The van der Waals surface area contributed by atoms with Gasteiger partial charge in [0.15, 0.2) is 0 Å². The lowest BCUT2D eigenvalue weighted by molar-refractivity contribution is -0.140. The van der Waals surface area contributed by atoms with E-state index in [1.807, 2.05) is 0 Å². The fourth-order valence-electron chi connectivity index (χ4n) is 3.72. The number of nitrogens with zero attached hydrogens (tertiary/aromatic N) is 1. The second-order valence-electron chi connectivity index (χ2n) is 7.32. The number of carbonyl (C=O) groups excluding carboxylic acids is 2. The Labute approximate surface area is 177 Å². The summed E-state index contributed by atoms with van der Waals surface area (Å²) in [5, 5.41) is 11.8. The van der Waals surface area contributed by atoms with E-state index in [1.165, 1.54) is 19.2 Å². The lowest BCUT2D eigenvalue weighted by Gasteiger charge is -2.27. The second-order valence-corrected chi connectivity index (χ2v) is 7.32. The third-order valence-electron chi connectivity index (χ3n) is 5.19. The van der Waals surface area contributed by atoms with E-state index in [2.05, 4.69) is 20.8 Å². The molecule has 2 heterocycles. The van der Waals surface area contributed by atoms with Crippen molar-refractivity contribution in [3.8, 4) is 0 Å². The fourth-order valence-corrected chi connectivity index (χ4v) is 3.72. The lowest BCUT2D eigenvalue weighted by atomic mass is 9.83. The second kappa shape index (κ2) is 7.74. The van der Waals surface area contributed by atoms with E-state index >= 15 is 0 Å². The molecule has 11 heteroatoms. The molecule has 1 aromatic heterocycles. The zero-order chi connectivity index (χ0) is 23.2. The van der Waals surface area contributed by atoms with E-state index in [0.29, 0.717) is 23.0 Å². The summed E-state index contributed by atoms with van der Waals surface area (Å²) in [4.78, 5) is 25.1. The number of anilines is 1. The molecular weight excluding hydrogens is 435 g/mol. The maximum atomic E-state index is 14.4. The molecule has 0 saturated heterocycles. The molecule has 0 aliphatic carbocycles. The monoisotopic (exact) mass is 450 g/mol. The fraction of sp³-hybridized carbons (Fsp3) is 0.190. The molecule has 2 aromatic carbocycles. The number of nitrogens with one attached hydrogen (secondary N) is 3. The maximum absolute atomic E-state index is 14.4. The number of alkyl halides is 3. The van der Waals surface area contributed by atoms with E-state index in [4.69, 9.17) is 0 Å². The normalized spacial score (nSPS) is 16.9. The Kier molecular flexibility index (Phi) is 5.19. The highest BCUT2D eigenvalue weighted by Gasteiger charge is 2.36. The molecule has 1 unspecified atom stereocenters. The number of H-pyrrole nitrogens is 1. The van der Waals surface area contributed by atoms with Crippen LogP contribution in [-0.4, -0.2) is 22.0 Å².